The van der Waals surface area contributed by atoms with Crippen LogP contribution in [0.5, 0.6) is 17.2 Å². The van der Waals surface area contributed by atoms with Crippen LogP contribution in [0.2, 0.25) is 0 Å². The monoisotopic (exact) mass is 743 g/mol. The van der Waals surface area contributed by atoms with Gasteiger partial charge in [-0.2, -0.15) is 17.5 Å². The molecule has 4 rings (SSSR count). The quantitative estimate of drug-likeness (QED) is 0.198. The summed E-state index contributed by atoms with van der Waals surface area (Å²) in [4.78, 5) is 24.2. The molecule has 0 spiro atoms. The highest BCUT2D eigenvalue weighted by molar-refractivity contribution is 9.10. The van der Waals surface area contributed by atoms with Crippen LogP contribution in [-0.2, 0) is 36.9 Å². The smallest absolute Gasteiger partial charge is 0.416 e. The first-order chi connectivity index (χ1) is 22.2. The van der Waals surface area contributed by atoms with E-state index in [2.05, 4.69) is 15.9 Å². The van der Waals surface area contributed by atoms with Gasteiger partial charge in [0.2, 0.25) is 10.0 Å². The van der Waals surface area contributed by atoms with E-state index in [-0.39, 0.29) is 29.6 Å². The Hall–Kier alpha value is -3.82. The molecule has 3 aromatic rings. The van der Waals surface area contributed by atoms with Gasteiger partial charge in [0.25, 0.3) is 0 Å². The van der Waals surface area contributed by atoms with Gasteiger partial charge in [-0.25, -0.2) is 13.2 Å². The summed E-state index contributed by atoms with van der Waals surface area (Å²) in [5.74, 6) is -0.818. The number of esters is 1. The second-order valence-corrected chi connectivity index (χ2v) is 13.5. The van der Waals surface area contributed by atoms with Crippen LogP contribution in [0.25, 0.3) is 0 Å². The molecule has 1 fully saturated rings. The number of hydrogen-bond donors (Lipinski definition) is 1. The molecule has 1 saturated heterocycles. The molecule has 10 nitrogen and oxygen atoms in total. The number of aryl methyl sites for hydroxylation is 1. The molecule has 0 radical (unpaired) electrons. The second-order valence-electron chi connectivity index (χ2n) is 10.7. The third-order valence-corrected chi connectivity index (χ3v) is 9.87. The SMILES string of the molecule is COc1ccc(CC[C@@H](OC(=O)C2CCCCN2S(=O)(=O)c2cc(Br)cc(C(F)(F)F)c2)c2cccc(OCC(=O)O)c2)cc1OC. The van der Waals surface area contributed by atoms with Crippen LogP contribution in [0.15, 0.2) is 70.0 Å². The number of carboxylic acid groups (broad SMARTS) is 1. The van der Waals surface area contributed by atoms with Gasteiger partial charge in [-0.15, -0.1) is 0 Å². The summed E-state index contributed by atoms with van der Waals surface area (Å²) < 4.78 is 90.8. The number of carboxylic acids is 1. The van der Waals surface area contributed by atoms with Crippen molar-refractivity contribution in [3.63, 3.8) is 0 Å². The fourth-order valence-corrected chi connectivity index (χ4v) is 7.60. The standard InChI is InChI=1S/C32H33BrF3NO9S/c1-43-28-12-10-20(14-29(28)44-2)9-11-27(21-6-5-7-24(15-21)45-19-30(38)39)46-31(40)26-8-3-4-13-37(26)47(41,42)25-17-22(32(34,35)36)16-23(33)18-25/h5-7,10,12,14-18,26-27H,3-4,8-9,11,13,19H2,1-2H3,(H,38,39)/t26?,27-/m1/s1. The van der Waals surface area contributed by atoms with E-state index in [1.54, 1.807) is 30.3 Å². The van der Waals surface area contributed by atoms with Crippen molar-refractivity contribution < 1.29 is 55.2 Å². The number of hydrogen-bond acceptors (Lipinski definition) is 8. The fraction of sp³-hybridized carbons (Fsp3) is 0.375. The maximum absolute atomic E-state index is 13.8. The Morgan fingerprint density at radius 2 is 1.77 bits per heavy atom. The van der Waals surface area contributed by atoms with E-state index < -0.39 is 57.3 Å². The van der Waals surface area contributed by atoms with Crippen LogP contribution in [0, 0.1) is 0 Å². The summed E-state index contributed by atoms with van der Waals surface area (Å²) in [5, 5.41) is 9.02. The second kappa shape index (κ2) is 15.4. The number of aliphatic carboxylic acids is 1. The first-order valence-electron chi connectivity index (χ1n) is 14.5. The Morgan fingerprint density at radius 3 is 2.45 bits per heavy atom. The molecule has 1 unspecified atom stereocenters. The van der Waals surface area contributed by atoms with Gasteiger partial charge in [0.1, 0.15) is 17.9 Å². The van der Waals surface area contributed by atoms with Crippen molar-refractivity contribution in [1.29, 1.82) is 0 Å². The zero-order chi connectivity index (χ0) is 34.4. The predicted octanol–water partition coefficient (Wildman–Crippen LogP) is 6.41. The van der Waals surface area contributed by atoms with Crippen molar-refractivity contribution in [2.75, 3.05) is 27.4 Å². The third-order valence-electron chi connectivity index (χ3n) is 7.52. The largest absolute Gasteiger partial charge is 0.493 e. The van der Waals surface area contributed by atoms with Crippen molar-refractivity contribution in [1.82, 2.24) is 4.31 Å². The lowest BCUT2D eigenvalue weighted by Crippen LogP contribution is -2.48. The third kappa shape index (κ3) is 9.17. The van der Waals surface area contributed by atoms with E-state index in [0.29, 0.717) is 42.4 Å². The Balaban J connectivity index is 1.64. The van der Waals surface area contributed by atoms with Gasteiger partial charge in [-0.3, -0.25) is 4.79 Å². The minimum atomic E-state index is -4.79. The molecule has 0 saturated carbocycles. The van der Waals surface area contributed by atoms with Gasteiger partial charge in [-0.1, -0.05) is 34.1 Å². The molecule has 0 bridgehead atoms. The molecular formula is C32H33BrF3NO9S. The predicted molar refractivity (Wildman–Crippen MR) is 167 cm³/mol. The number of rotatable bonds is 13. The minimum absolute atomic E-state index is 0.0812. The molecule has 1 N–H and O–H groups in total. The van der Waals surface area contributed by atoms with Crippen molar-refractivity contribution >= 4 is 37.9 Å². The summed E-state index contributed by atoms with van der Waals surface area (Å²) in [6.07, 6.45) is -4.13. The van der Waals surface area contributed by atoms with Gasteiger partial charge < -0.3 is 24.1 Å². The maximum Gasteiger partial charge on any atom is 0.416 e. The normalized spacial score (nSPS) is 16.3. The number of alkyl halides is 3. The number of ether oxygens (including phenoxy) is 4. The van der Waals surface area contributed by atoms with Gasteiger partial charge in [0, 0.05) is 11.0 Å². The summed E-state index contributed by atoms with van der Waals surface area (Å²) in [6.45, 7) is -0.690. The molecule has 1 heterocycles. The first kappa shape index (κ1) is 36.0. The number of carbonyl (C=O) groups is 2. The van der Waals surface area contributed by atoms with Gasteiger partial charge in [0.15, 0.2) is 18.1 Å². The highest BCUT2D eigenvalue weighted by Crippen LogP contribution is 2.36. The van der Waals surface area contributed by atoms with Gasteiger partial charge in [-0.05, 0) is 85.7 Å². The zero-order valence-electron chi connectivity index (χ0n) is 25.5. The maximum atomic E-state index is 13.8. The zero-order valence-corrected chi connectivity index (χ0v) is 27.9. The van der Waals surface area contributed by atoms with Crippen molar-refractivity contribution in [3.8, 4) is 17.2 Å². The highest BCUT2D eigenvalue weighted by Gasteiger charge is 2.41. The Labute approximate surface area is 278 Å². The lowest BCUT2D eigenvalue weighted by Gasteiger charge is -2.34. The van der Waals surface area contributed by atoms with Crippen molar-refractivity contribution in [3.05, 3.63) is 81.8 Å². The summed E-state index contributed by atoms with van der Waals surface area (Å²) in [6, 6.07) is 12.8. The molecule has 2 atom stereocenters. The van der Waals surface area contributed by atoms with E-state index in [1.165, 1.54) is 20.3 Å². The van der Waals surface area contributed by atoms with Gasteiger partial charge >= 0.3 is 18.1 Å². The highest BCUT2D eigenvalue weighted by atomic mass is 79.9. The fourth-order valence-electron chi connectivity index (χ4n) is 5.23. The Kier molecular flexibility index (Phi) is 11.8. The van der Waals surface area contributed by atoms with E-state index in [0.717, 1.165) is 22.0 Å². The summed E-state index contributed by atoms with van der Waals surface area (Å²) in [5.41, 5.74) is 0.134. The average Bonchev–Trinajstić information content (AvgIpc) is 3.04. The summed E-state index contributed by atoms with van der Waals surface area (Å²) >= 11 is 2.97. The van der Waals surface area contributed by atoms with E-state index in [1.807, 2.05) is 6.07 Å². The van der Waals surface area contributed by atoms with Gasteiger partial charge in [0.05, 0.1) is 24.7 Å². The van der Waals surface area contributed by atoms with Crippen molar-refractivity contribution in [2.45, 2.75) is 55.3 Å². The molecule has 254 valence electrons. The lowest BCUT2D eigenvalue weighted by atomic mass is 10.00. The van der Waals surface area contributed by atoms with Crippen molar-refractivity contribution in [2.24, 2.45) is 0 Å². The number of carbonyl (C=O) groups excluding carboxylic acids is 1. The summed E-state index contributed by atoms with van der Waals surface area (Å²) in [7, 11) is -1.55. The molecule has 0 amide bonds. The molecule has 47 heavy (non-hydrogen) atoms. The molecule has 0 aromatic heterocycles. The molecule has 1 aliphatic rings. The lowest BCUT2D eigenvalue weighted by molar-refractivity contribution is -0.155. The van der Waals surface area contributed by atoms with E-state index >= 15 is 0 Å². The molecular weight excluding hydrogens is 711 g/mol. The topological polar surface area (TPSA) is 129 Å². The molecule has 3 aromatic carbocycles. The number of halogens is 4. The molecule has 15 heteroatoms. The number of methoxy groups -OCH3 is 2. The van der Waals surface area contributed by atoms with E-state index in [4.69, 9.17) is 24.1 Å². The van der Waals surface area contributed by atoms with Crippen LogP contribution in [-0.4, -0.2) is 63.2 Å². The van der Waals surface area contributed by atoms with E-state index in [9.17, 15) is 31.2 Å². The first-order valence-corrected chi connectivity index (χ1v) is 16.7. The molecule has 1 aliphatic heterocycles. The van der Waals surface area contributed by atoms with Crippen LogP contribution in [0.3, 0.4) is 0 Å². The number of sulfonamides is 1. The minimum Gasteiger partial charge on any atom is -0.493 e. The average molecular weight is 745 g/mol. The van der Waals surface area contributed by atoms with Crippen LogP contribution < -0.4 is 14.2 Å². The number of benzene rings is 3. The van der Waals surface area contributed by atoms with Crippen LogP contribution >= 0.6 is 15.9 Å². The Morgan fingerprint density at radius 1 is 1.02 bits per heavy atom. The Bertz CT molecular complexity index is 1700. The van der Waals surface area contributed by atoms with Crippen LogP contribution in [0.1, 0.15) is 48.5 Å². The number of piperidine rings is 1. The number of nitrogens with zero attached hydrogens (tertiary/aromatic N) is 1. The molecule has 0 aliphatic carbocycles. The van der Waals surface area contributed by atoms with Crippen LogP contribution in [0.4, 0.5) is 13.2 Å².